The molecule has 3 aromatic rings. The molecule has 6 nitrogen and oxygen atoms in total. The maximum atomic E-state index is 12.1. The molecule has 2 aromatic carbocycles. The van der Waals surface area contributed by atoms with Crippen molar-refractivity contribution in [1.82, 2.24) is 4.98 Å². The average molecular weight is 374 g/mol. The zero-order chi connectivity index (χ0) is 19.2. The number of carbonyl (C=O) groups excluding carboxylic acids is 1. The first kappa shape index (κ1) is 17.6. The largest absolute Gasteiger partial charge is 0.489 e. The van der Waals surface area contributed by atoms with E-state index >= 15 is 0 Å². The van der Waals surface area contributed by atoms with Crippen molar-refractivity contribution in [2.45, 2.75) is 6.61 Å². The van der Waals surface area contributed by atoms with Crippen molar-refractivity contribution in [3.05, 3.63) is 84.2 Å². The Morgan fingerprint density at radius 2 is 2.00 bits per heavy atom. The Morgan fingerprint density at radius 1 is 1.07 bits per heavy atom. The van der Waals surface area contributed by atoms with Gasteiger partial charge in [-0.1, -0.05) is 18.2 Å². The summed E-state index contributed by atoms with van der Waals surface area (Å²) in [5, 5.41) is 2.84. The average Bonchev–Trinajstić information content (AvgIpc) is 3.20. The van der Waals surface area contributed by atoms with Gasteiger partial charge in [0.05, 0.1) is 5.69 Å². The molecule has 1 aromatic heterocycles. The van der Waals surface area contributed by atoms with Gasteiger partial charge in [0.25, 0.3) is 0 Å². The lowest BCUT2D eigenvalue weighted by Gasteiger charge is -2.09. The van der Waals surface area contributed by atoms with Crippen LogP contribution in [0, 0.1) is 0 Å². The van der Waals surface area contributed by atoms with Crippen LogP contribution in [0.3, 0.4) is 0 Å². The molecule has 0 bridgehead atoms. The van der Waals surface area contributed by atoms with Gasteiger partial charge in [-0.15, -0.1) is 0 Å². The summed E-state index contributed by atoms with van der Waals surface area (Å²) in [5.41, 5.74) is 2.36. The van der Waals surface area contributed by atoms with Gasteiger partial charge in [-0.2, -0.15) is 0 Å². The first-order chi connectivity index (χ1) is 13.8. The van der Waals surface area contributed by atoms with Crippen LogP contribution in [0.5, 0.6) is 17.2 Å². The van der Waals surface area contributed by atoms with Crippen LogP contribution in [0.1, 0.15) is 11.3 Å². The molecule has 0 unspecified atom stereocenters. The molecule has 6 heteroatoms. The quantitative estimate of drug-likeness (QED) is 0.660. The molecule has 0 spiro atoms. The van der Waals surface area contributed by atoms with E-state index in [9.17, 15) is 4.79 Å². The SMILES string of the molecule is O=C(/C=C/c1ccccn1)Nc1cccc(COc2ccc3c(c2)OCO3)c1. The van der Waals surface area contributed by atoms with Crippen LogP contribution < -0.4 is 19.5 Å². The molecule has 1 aliphatic heterocycles. The van der Waals surface area contributed by atoms with E-state index in [2.05, 4.69) is 10.3 Å². The number of nitrogens with one attached hydrogen (secondary N) is 1. The summed E-state index contributed by atoms with van der Waals surface area (Å²) in [4.78, 5) is 16.2. The van der Waals surface area contributed by atoms with Gasteiger partial charge < -0.3 is 19.5 Å². The summed E-state index contributed by atoms with van der Waals surface area (Å²) in [6.45, 7) is 0.600. The number of fused-ring (bicyclic) bond motifs is 1. The van der Waals surface area contributed by atoms with Gasteiger partial charge in [0.1, 0.15) is 12.4 Å². The van der Waals surface area contributed by atoms with Crippen LogP contribution in [0.25, 0.3) is 6.08 Å². The van der Waals surface area contributed by atoms with Gasteiger partial charge in [-0.3, -0.25) is 9.78 Å². The number of rotatable bonds is 6. The van der Waals surface area contributed by atoms with E-state index in [0.717, 1.165) is 17.0 Å². The van der Waals surface area contributed by atoms with Crippen LogP contribution in [-0.2, 0) is 11.4 Å². The van der Waals surface area contributed by atoms with Gasteiger partial charge in [0, 0.05) is 24.0 Å². The van der Waals surface area contributed by atoms with E-state index < -0.39 is 0 Å². The van der Waals surface area contributed by atoms with Gasteiger partial charge in [-0.05, 0) is 48.0 Å². The van der Waals surface area contributed by atoms with E-state index in [0.29, 0.717) is 23.8 Å². The minimum absolute atomic E-state index is 0.223. The highest BCUT2D eigenvalue weighted by Gasteiger charge is 2.13. The first-order valence-electron chi connectivity index (χ1n) is 8.78. The Labute approximate surface area is 162 Å². The van der Waals surface area contributed by atoms with Crippen molar-refractivity contribution in [3.8, 4) is 17.2 Å². The number of amides is 1. The molecule has 0 saturated carbocycles. The zero-order valence-electron chi connectivity index (χ0n) is 15.0. The van der Waals surface area contributed by atoms with E-state index in [1.165, 1.54) is 6.08 Å². The lowest BCUT2D eigenvalue weighted by molar-refractivity contribution is -0.111. The van der Waals surface area contributed by atoms with Crippen LogP contribution >= 0.6 is 0 Å². The van der Waals surface area contributed by atoms with Crippen molar-refractivity contribution < 1.29 is 19.0 Å². The smallest absolute Gasteiger partial charge is 0.248 e. The number of aromatic nitrogens is 1. The first-order valence-corrected chi connectivity index (χ1v) is 8.78. The van der Waals surface area contributed by atoms with Crippen LogP contribution in [0.4, 0.5) is 5.69 Å². The topological polar surface area (TPSA) is 69.7 Å². The Morgan fingerprint density at radius 3 is 2.89 bits per heavy atom. The third-order valence-corrected chi connectivity index (χ3v) is 4.04. The standard InChI is InChI=1S/C22H18N2O4/c25-22(10-7-17-5-1-2-11-23-17)24-18-6-3-4-16(12-18)14-26-19-8-9-20-21(13-19)28-15-27-20/h1-13H,14-15H2,(H,24,25)/b10-7+. The fourth-order valence-corrected chi connectivity index (χ4v) is 2.69. The summed E-state index contributed by atoms with van der Waals surface area (Å²) in [5.74, 6) is 1.87. The second-order valence-electron chi connectivity index (χ2n) is 6.08. The van der Waals surface area contributed by atoms with Crippen molar-refractivity contribution >= 4 is 17.7 Å². The van der Waals surface area contributed by atoms with E-state index in [4.69, 9.17) is 14.2 Å². The van der Waals surface area contributed by atoms with Gasteiger partial charge in [-0.25, -0.2) is 0 Å². The molecule has 0 atom stereocenters. The lowest BCUT2D eigenvalue weighted by atomic mass is 10.2. The molecule has 2 heterocycles. The number of pyridine rings is 1. The molecular weight excluding hydrogens is 356 g/mol. The highest BCUT2D eigenvalue weighted by atomic mass is 16.7. The molecular formula is C22H18N2O4. The third kappa shape index (κ3) is 4.48. The molecule has 0 radical (unpaired) electrons. The maximum absolute atomic E-state index is 12.1. The lowest BCUT2D eigenvalue weighted by Crippen LogP contribution is -2.08. The molecule has 140 valence electrons. The van der Waals surface area contributed by atoms with Crippen molar-refractivity contribution in [1.29, 1.82) is 0 Å². The number of hydrogen-bond donors (Lipinski definition) is 1. The van der Waals surface area contributed by atoms with Crippen molar-refractivity contribution in [3.63, 3.8) is 0 Å². The number of benzene rings is 2. The number of anilines is 1. The van der Waals surface area contributed by atoms with Gasteiger partial charge in [0.2, 0.25) is 12.7 Å². The van der Waals surface area contributed by atoms with E-state index in [1.807, 2.05) is 54.6 Å². The molecule has 0 fully saturated rings. The maximum Gasteiger partial charge on any atom is 0.248 e. The molecule has 1 N–H and O–H groups in total. The minimum atomic E-state index is -0.223. The predicted molar refractivity (Wildman–Crippen MR) is 105 cm³/mol. The van der Waals surface area contributed by atoms with Gasteiger partial charge in [0.15, 0.2) is 11.5 Å². The summed E-state index contributed by atoms with van der Waals surface area (Å²) in [6, 6.07) is 18.5. The fourth-order valence-electron chi connectivity index (χ4n) is 2.69. The van der Waals surface area contributed by atoms with Crippen LogP contribution in [0.15, 0.2) is 72.9 Å². The second-order valence-corrected chi connectivity index (χ2v) is 6.08. The normalized spacial score (nSPS) is 12.1. The molecule has 0 aliphatic carbocycles. The fraction of sp³-hybridized carbons (Fsp3) is 0.0909. The molecule has 4 rings (SSSR count). The van der Waals surface area contributed by atoms with E-state index in [-0.39, 0.29) is 12.7 Å². The second kappa shape index (κ2) is 8.26. The molecule has 1 amide bonds. The molecule has 28 heavy (non-hydrogen) atoms. The highest BCUT2D eigenvalue weighted by Crippen LogP contribution is 2.35. The van der Waals surface area contributed by atoms with Gasteiger partial charge >= 0.3 is 0 Å². The van der Waals surface area contributed by atoms with Crippen LogP contribution in [-0.4, -0.2) is 17.7 Å². The summed E-state index contributed by atoms with van der Waals surface area (Å²) in [6.07, 6.45) is 4.81. The summed E-state index contributed by atoms with van der Waals surface area (Å²) >= 11 is 0. The predicted octanol–water partition coefficient (Wildman–Crippen LogP) is 4.04. The monoisotopic (exact) mass is 374 g/mol. The third-order valence-electron chi connectivity index (χ3n) is 4.04. The van der Waals surface area contributed by atoms with E-state index in [1.54, 1.807) is 18.3 Å². The Kier molecular flexibility index (Phi) is 5.20. The number of ether oxygens (including phenoxy) is 3. The van der Waals surface area contributed by atoms with Crippen molar-refractivity contribution in [2.75, 3.05) is 12.1 Å². The number of carbonyl (C=O) groups is 1. The number of hydrogen-bond acceptors (Lipinski definition) is 5. The summed E-state index contributed by atoms with van der Waals surface area (Å²) < 4.78 is 16.5. The Balaban J connectivity index is 1.35. The van der Waals surface area contributed by atoms with Crippen molar-refractivity contribution in [2.24, 2.45) is 0 Å². The molecule has 1 aliphatic rings. The molecule has 0 saturated heterocycles. The Hall–Kier alpha value is -3.80. The summed E-state index contributed by atoms with van der Waals surface area (Å²) in [7, 11) is 0. The minimum Gasteiger partial charge on any atom is -0.489 e. The number of nitrogens with zero attached hydrogens (tertiary/aromatic N) is 1. The highest BCUT2D eigenvalue weighted by molar-refractivity contribution is 6.01. The Bertz CT molecular complexity index is 1000. The zero-order valence-corrected chi connectivity index (χ0v) is 15.0. The van der Waals surface area contributed by atoms with Crippen LogP contribution in [0.2, 0.25) is 0 Å².